The van der Waals surface area contributed by atoms with Gasteiger partial charge in [0.25, 0.3) is 5.91 Å². The first-order valence-electron chi connectivity index (χ1n) is 13.3. The molecule has 0 atom stereocenters. The average Bonchev–Trinajstić information content (AvgIpc) is 3.00. The molecule has 0 bridgehead atoms. The molecule has 10 heteroatoms. The molecule has 1 heterocycles. The van der Waals surface area contributed by atoms with Gasteiger partial charge in [-0.05, 0) is 48.9 Å². The van der Waals surface area contributed by atoms with Crippen LogP contribution in [0.1, 0.15) is 33.2 Å². The number of benzene rings is 4. The number of primary amides is 1. The number of aromatic nitrogens is 1. The van der Waals surface area contributed by atoms with Crippen LogP contribution in [0.15, 0.2) is 95.9 Å². The van der Waals surface area contributed by atoms with Gasteiger partial charge in [0.15, 0.2) is 0 Å². The zero-order valence-corrected chi connectivity index (χ0v) is 23.3. The molecule has 0 saturated carbocycles. The number of rotatable bonds is 9. The van der Waals surface area contributed by atoms with E-state index < -0.39 is 28.9 Å². The molecule has 0 fully saturated rings. The Hall–Kier alpha value is -5.51. The zero-order chi connectivity index (χ0) is 30.7. The summed E-state index contributed by atoms with van der Waals surface area (Å²) in [5.74, 6) is -2.44. The molecule has 5 aromatic rings. The van der Waals surface area contributed by atoms with E-state index in [1.165, 1.54) is 25.4 Å². The monoisotopic (exact) mass is 583 g/mol. The molecule has 8 nitrogen and oxygen atoms in total. The molecule has 0 aliphatic carbocycles. The molecule has 4 aromatic carbocycles. The van der Waals surface area contributed by atoms with Gasteiger partial charge in [0.1, 0.15) is 35.3 Å². The summed E-state index contributed by atoms with van der Waals surface area (Å²) in [4.78, 5) is 40.8. The molecule has 43 heavy (non-hydrogen) atoms. The SMILES string of the molecule is CCN(C(=O)c1cn(-c2cc(OC)cc(C(N)=O)c2)c2cc(OCc3ccccc3)ccc2c1=O)c1cc(F)cc(F)c1. The number of ether oxygens (including phenoxy) is 2. The highest BCUT2D eigenvalue weighted by Crippen LogP contribution is 2.28. The van der Waals surface area contributed by atoms with Gasteiger partial charge in [-0.3, -0.25) is 14.4 Å². The van der Waals surface area contributed by atoms with Crippen LogP contribution in [0.5, 0.6) is 11.5 Å². The van der Waals surface area contributed by atoms with Crippen molar-refractivity contribution in [2.45, 2.75) is 13.5 Å². The van der Waals surface area contributed by atoms with E-state index in [9.17, 15) is 23.2 Å². The fraction of sp³-hybridized carbons (Fsp3) is 0.121. The second kappa shape index (κ2) is 12.2. The first-order valence-corrected chi connectivity index (χ1v) is 13.3. The van der Waals surface area contributed by atoms with E-state index in [1.54, 1.807) is 35.8 Å². The van der Waals surface area contributed by atoms with E-state index in [0.29, 0.717) is 28.8 Å². The highest BCUT2D eigenvalue weighted by Gasteiger charge is 2.24. The van der Waals surface area contributed by atoms with Gasteiger partial charge in [-0.25, -0.2) is 8.78 Å². The van der Waals surface area contributed by atoms with Crippen LogP contribution in [0.2, 0.25) is 0 Å². The molecule has 2 amide bonds. The Morgan fingerprint density at radius 3 is 2.28 bits per heavy atom. The minimum atomic E-state index is -0.865. The molecule has 0 aliphatic rings. The van der Waals surface area contributed by atoms with Crippen molar-refractivity contribution >= 4 is 28.4 Å². The number of nitrogens with two attached hydrogens (primary N) is 1. The van der Waals surface area contributed by atoms with Gasteiger partial charge in [-0.1, -0.05) is 30.3 Å². The Kier molecular flexibility index (Phi) is 8.20. The first-order chi connectivity index (χ1) is 20.7. The zero-order valence-electron chi connectivity index (χ0n) is 23.3. The van der Waals surface area contributed by atoms with Crippen LogP contribution in [-0.2, 0) is 6.61 Å². The number of hydrogen-bond donors (Lipinski definition) is 1. The second-order valence-corrected chi connectivity index (χ2v) is 9.66. The van der Waals surface area contributed by atoms with Crippen molar-refractivity contribution in [2.75, 3.05) is 18.6 Å². The Labute approximate surface area is 245 Å². The second-order valence-electron chi connectivity index (χ2n) is 9.66. The van der Waals surface area contributed by atoms with Crippen LogP contribution in [0, 0.1) is 11.6 Å². The third-order valence-electron chi connectivity index (χ3n) is 6.86. The normalized spacial score (nSPS) is 10.9. The highest BCUT2D eigenvalue weighted by atomic mass is 19.1. The van der Waals surface area contributed by atoms with Gasteiger partial charge in [-0.15, -0.1) is 0 Å². The molecule has 1 aromatic heterocycles. The predicted molar refractivity (Wildman–Crippen MR) is 159 cm³/mol. The maximum absolute atomic E-state index is 14.0. The summed E-state index contributed by atoms with van der Waals surface area (Å²) in [6, 6.07) is 21.6. The molecule has 2 N–H and O–H groups in total. The minimum Gasteiger partial charge on any atom is -0.497 e. The van der Waals surface area contributed by atoms with Crippen LogP contribution in [0.3, 0.4) is 0 Å². The topological polar surface area (TPSA) is 104 Å². The Morgan fingerprint density at radius 1 is 0.907 bits per heavy atom. The third kappa shape index (κ3) is 6.08. The van der Waals surface area contributed by atoms with Crippen molar-refractivity contribution in [3.8, 4) is 17.2 Å². The van der Waals surface area contributed by atoms with E-state index in [0.717, 1.165) is 22.6 Å². The van der Waals surface area contributed by atoms with Crippen LogP contribution < -0.4 is 25.5 Å². The molecular weight excluding hydrogens is 556 g/mol. The fourth-order valence-corrected chi connectivity index (χ4v) is 4.77. The summed E-state index contributed by atoms with van der Waals surface area (Å²) in [7, 11) is 1.43. The smallest absolute Gasteiger partial charge is 0.263 e. The number of carbonyl (C=O) groups excluding carboxylic acids is 2. The van der Waals surface area contributed by atoms with E-state index in [4.69, 9.17) is 15.2 Å². The minimum absolute atomic E-state index is 0.0243. The Balaban J connectivity index is 1.70. The number of methoxy groups -OCH3 is 1. The lowest BCUT2D eigenvalue weighted by atomic mass is 10.1. The van der Waals surface area contributed by atoms with Gasteiger partial charge in [0.05, 0.1) is 18.3 Å². The standard InChI is InChI=1S/C33H27F2N3O5/c1-3-37(25-14-22(34)13-23(35)15-25)33(41)29-18-38(24-11-21(32(36)40)12-27(16-24)42-2)30-17-26(9-10-28(30)31(29)39)43-19-20-7-5-4-6-8-20/h4-18H,3,19H2,1-2H3,(H2,36,40). The van der Waals surface area contributed by atoms with E-state index in [2.05, 4.69) is 0 Å². The number of nitrogens with zero attached hydrogens (tertiary/aromatic N) is 2. The molecule has 0 spiro atoms. The van der Waals surface area contributed by atoms with Gasteiger partial charge in [-0.2, -0.15) is 0 Å². The number of anilines is 1. The molecule has 0 radical (unpaired) electrons. The Bertz CT molecular complexity index is 1890. The molecule has 0 aliphatic heterocycles. The van der Waals surface area contributed by atoms with Crippen LogP contribution >= 0.6 is 0 Å². The van der Waals surface area contributed by atoms with Crippen LogP contribution in [-0.4, -0.2) is 30.0 Å². The Morgan fingerprint density at radius 2 is 1.63 bits per heavy atom. The number of fused-ring (bicyclic) bond motifs is 1. The number of carbonyl (C=O) groups is 2. The molecule has 0 unspecified atom stereocenters. The largest absolute Gasteiger partial charge is 0.497 e. The highest BCUT2D eigenvalue weighted by molar-refractivity contribution is 6.07. The lowest BCUT2D eigenvalue weighted by molar-refractivity contribution is 0.0982. The van der Waals surface area contributed by atoms with Crippen LogP contribution in [0.25, 0.3) is 16.6 Å². The van der Waals surface area contributed by atoms with Gasteiger partial charge in [0.2, 0.25) is 11.3 Å². The fourth-order valence-electron chi connectivity index (χ4n) is 4.77. The average molecular weight is 584 g/mol. The van der Waals surface area contributed by atoms with Crippen molar-refractivity contribution in [2.24, 2.45) is 5.73 Å². The van der Waals surface area contributed by atoms with Crippen molar-refractivity contribution in [1.29, 1.82) is 0 Å². The quantitative estimate of drug-likeness (QED) is 0.243. The van der Waals surface area contributed by atoms with Gasteiger partial charge >= 0.3 is 0 Å². The van der Waals surface area contributed by atoms with Crippen LogP contribution in [0.4, 0.5) is 14.5 Å². The van der Waals surface area contributed by atoms with E-state index in [-0.39, 0.29) is 35.4 Å². The van der Waals surface area contributed by atoms with Gasteiger partial charge in [0, 0.05) is 47.6 Å². The lowest BCUT2D eigenvalue weighted by Gasteiger charge is -2.22. The summed E-state index contributed by atoms with van der Waals surface area (Å²) >= 11 is 0. The van der Waals surface area contributed by atoms with Crippen molar-refractivity contribution in [3.63, 3.8) is 0 Å². The number of halogens is 2. The maximum atomic E-state index is 14.0. The molecule has 0 saturated heterocycles. The summed E-state index contributed by atoms with van der Waals surface area (Å²) in [5.41, 5.74) is 6.48. The molecule has 218 valence electrons. The molecule has 5 rings (SSSR count). The van der Waals surface area contributed by atoms with Crippen molar-refractivity contribution in [3.05, 3.63) is 130 Å². The third-order valence-corrected chi connectivity index (χ3v) is 6.86. The van der Waals surface area contributed by atoms with E-state index in [1.807, 2.05) is 30.3 Å². The number of amides is 2. The number of pyridine rings is 1. The summed E-state index contributed by atoms with van der Waals surface area (Å²) in [6.07, 6.45) is 1.33. The summed E-state index contributed by atoms with van der Waals surface area (Å²) in [5, 5.41) is 0.169. The van der Waals surface area contributed by atoms with Crippen molar-refractivity contribution < 1.29 is 27.8 Å². The summed E-state index contributed by atoms with van der Waals surface area (Å²) in [6.45, 7) is 1.92. The number of hydrogen-bond acceptors (Lipinski definition) is 5. The first kappa shape index (κ1) is 29.0. The van der Waals surface area contributed by atoms with Crippen molar-refractivity contribution in [1.82, 2.24) is 4.57 Å². The maximum Gasteiger partial charge on any atom is 0.263 e. The van der Waals surface area contributed by atoms with Gasteiger partial charge < -0.3 is 24.7 Å². The summed E-state index contributed by atoms with van der Waals surface area (Å²) < 4.78 is 41.0. The lowest BCUT2D eigenvalue weighted by Crippen LogP contribution is -2.35. The molecular formula is C33H27F2N3O5. The predicted octanol–water partition coefficient (Wildman–Crippen LogP) is 5.62. The van der Waals surface area contributed by atoms with E-state index >= 15 is 0 Å².